The Morgan fingerprint density at radius 2 is 1.57 bits per heavy atom. The highest BCUT2D eigenvalue weighted by molar-refractivity contribution is 5.23. The van der Waals surface area contributed by atoms with Crippen LogP contribution in [0.3, 0.4) is 0 Å². The third-order valence-electron chi connectivity index (χ3n) is 5.34. The molecular weight excluding hydrogens is 260 g/mol. The smallest absolute Gasteiger partial charge is 0.145 e. The highest BCUT2D eigenvalue weighted by Crippen LogP contribution is 2.30. The fourth-order valence-electron chi connectivity index (χ4n) is 4.21. The van der Waals surface area contributed by atoms with Crippen LogP contribution in [-0.4, -0.2) is 33.3 Å². The first-order valence-electron chi connectivity index (χ1n) is 8.87. The van der Waals surface area contributed by atoms with Gasteiger partial charge in [-0.3, -0.25) is 9.58 Å². The van der Waals surface area contributed by atoms with Crippen LogP contribution in [0.4, 0.5) is 5.82 Å². The molecule has 2 N–H and O–H groups in total. The van der Waals surface area contributed by atoms with Crippen molar-refractivity contribution in [2.75, 3.05) is 12.3 Å². The first kappa shape index (κ1) is 14.9. The molecule has 2 saturated carbocycles. The predicted octanol–water partition coefficient (Wildman–Crippen LogP) is 3.43. The molecule has 1 aromatic rings. The van der Waals surface area contributed by atoms with E-state index in [1.807, 2.05) is 16.9 Å². The maximum atomic E-state index is 5.73. The van der Waals surface area contributed by atoms with Crippen LogP contribution in [-0.2, 0) is 6.54 Å². The molecule has 21 heavy (non-hydrogen) atoms. The van der Waals surface area contributed by atoms with Crippen molar-refractivity contribution in [1.82, 2.24) is 14.7 Å². The maximum absolute atomic E-state index is 5.73. The summed E-state index contributed by atoms with van der Waals surface area (Å²) in [6.07, 6.45) is 16.2. The van der Waals surface area contributed by atoms with Crippen molar-refractivity contribution in [3.8, 4) is 0 Å². The minimum absolute atomic E-state index is 0.636. The van der Waals surface area contributed by atoms with Crippen molar-refractivity contribution in [2.24, 2.45) is 0 Å². The summed E-state index contributed by atoms with van der Waals surface area (Å²) >= 11 is 0. The molecule has 3 rings (SSSR count). The van der Waals surface area contributed by atoms with Gasteiger partial charge in [-0.1, -0.05) is 38.5 Å². The third-order valence-corrected chi connectivity index (χ3v) is 5.34. The molecule has 4 heteroatoms. The van der Waals surface area contributed by atoms with Gasteiger partial charge >= 0.3 is 0 Å². The summed E-state index contributed by atoms with van der Waals surface area (Å²) in [6, 6.07) is 3.52. The van der Waals surface area contributed by atoms with Gasteiger partial charge in [0.05, 0.1) is 6.54 Å². The second-order valence-electron chi connectivity index (χ2n) is 6.83. The molecule has 1 aromatic heterocycles. The summed E-state index contributed by atoms with van der Waals surface area (Å²) in [5, 5.41) is 4.34. The fourth-order valence-corrected chi connectivity index (χ4v) is 4.21. The van der Waals surface area contributed by atoms with Crippen LogP contribution in [0.1, 0.15) is 64.2 Å². The van der Waals surface area contributed by atoms with Gasteiger partial charge in [-0.05, 0) is 31.7 Å². The standard InChI is InChI=1S/C17H30N4/c18-17-11-12-20(19-17)13-14-21(15-7-3-1-4-8-15)16-9-5-2-6-10-16/h11-12,15-16H,1-10,13-14H2,(H2,18,19). The topological polar surface area (TPSA) is 47.1 Å². The first-order valence-corrected chi connectivity index (χ1v) is 8.87. The Morgan fingerprint density at radius 3 is 2.05 bits per heavy atom. The Hall–Kier alpha value is -1.03. The van der Waals surface area contributed by atoms with Crippen molar-refractivity contribution >= 4 is 5.82 Å². The summed E-state index contributed by atoms with van der Waals surface area (Å²) in [4.78, 5) is 2.83. The van der Waals surface area contributed by atoms with Crippen molar-refractivity contribution in [1.29, 1.82) is 0 Å². The lowest BCUT2D eigenvalue weighted by Crippen LogP contribution is -2.46. The second kappa shape index (κ2) is 7.30. The van der Waals surface area contributed by atoms with E-state index >= 15 is 0 Å². The Kier molecular flexibility index (Phi) is 5.17. The number of hydrogen-bond donors (Lipinski definition) is 1. The molecule has 118 valence electrons. The van der Waals surface area contributed by atoms with E-state index in [0.29, 0.717) is 5.82 Å². The summed E-state index contributed by atoms with van der Waals surface area (Å²) < 4.78 is 2.01. The molecule has 4 nitrogen and oxygen atoms in total. The van der Waals surface area contributed by atoms with Crippen LogP contribution < -0.4 is 5.73 Å². The molecule has 1 heterocycles. The predicted molar refractivity (Wildman–Crippen MR) is 87.1 cm³/mol. The summed E-state index contributed by atoms with van der Waals surface area (Å²) in [5.74, 6) is 0.636. The second-order valence-corrected chi connectivity index (χ2v) is 6.83. The average Bonchev–Trinajstić information content (AvgIpc) is 2.95. The van der Waals surface area contributed by atoms with Crippen LogP contribution >= 0.6 is 0 Å². The minimum Gasteiger partial charge on any atom is -0.382 e. The van der Waals surface area contributed by atoms with Crippen molar-refractivity contribution in [3.05, 3.63) is 12.3 Å². The Balaban J connectivity index is 1.62. The zero-order valence-electron chi connectivity index (χ0n) is 13.2. The van der Waals surface area contributed by atoms with Crippen LogP contribution in [0.2, 0.25) is 0 Å². The van der Waals surface area contributed by atoms with Gasteiger partial charge in [-0.2, -0.15) is 5.10 Å². The van der Waals surface area contributed by atoms with Gasteiger partial charge < -0.3 is 5.73 Å². The van der Waals surface area contributed by atoms with Gasteiger partial charge in [0.1, 0.15) is 5.82 Å². The van der Waals surface area contributed by atoms with Gasteiger partial charge in [0.25, 0.3) is 0 Å². The zero-order chi connectivity index (χ0) is 14.5. The lowest BCUT2D eigenvalue weighted by molar-refractivity contribution is 0.0760. The molecule has 0 atom stereocenters. The van der Waals surface area contributed by atoms with Gasteiger partial charge in [0, 0.05) is 24.8 Å². The van der Waals surface area contributed by atoms with Gasteiger partial charge in [0.15, 0.2) is 0 Å². The summed E-state index contributed by atoms with van der Waals surface area (Å²) in [6.45, 7) is 2.11. The quantitative estimate of drug-likeness (QED) is 0.903. The van der Waals surface area contributed by atoms with E-state index in [1.165, 1.54) is 64.2 Å². The maximum Gasteiger partial charge on any atom is 0.145 e. The van der Waals surface area contributed by atoms with Gasteiger partial charge in [0.2, 0.25) is 0 Å². The SMILES string of the molecule is Nc1ccn(CCN(C2CCCCC2)C2CCCCC2)n1. The van der Waals surface area contributed by atoms with Crippen molar-refractivity contribution in [2.45, 2.75) is 82.8 Å². The van der Waals surface area contributed by atoms with E-state index in [1.54, 1.807) is 0 Å². The molecule has 0 amide bonds. The van der Waals surface area contributed by atoms with E-state index in [0.717, 1.165) is 25.2 Å². The monoisotopic (exact) mass is 290 g/mol. The fraction of sp³-hybridized carbons (Fsp3) is 0.824. The molecule has 2 aliphatic rings. The van der Waals surface area contributed by atoms with Crippen molar-refractivity contribution in [3.63, 3.8) is 0 Å². The van der Waals surface area contributed by atoms with E-state index in [2.05, 4.69) is 10.00 Å². The molecule has 0 radical (unpaired) electrons. The Bertz CT molecular complexity index is 398. The molecular formula is C17H30N4. The van der Waals surface area contributed by atoms with Crippen LogP contribution in [0.15, 0.2) is 12.3 Å². The number of nitrogen functional groups attached to an aromatic ring is 1. The largest absolute Gasteiger partial charge is 0.382 e. The van der Waals surface area contributed by atoms with Crippen LogP contribution in [0.25, 0.3) is 0 Å². The van der Waals surface area contributed by atoms with Crippen molar-refractivity contribution < 1.29 is 0 Å². The lowest BCUT2D eigenvalue weighted by atomic mass is 9.88. The van der Waals surface area contributed by atoms with Gasteiger partial charge in [-0.25, -0.2) is 0 Å². The zero-order valence-corrected chi connectivity index (χ0v) is 13.2. The van der Waals surface area contributed by atoms with Gasteiger partial charge in [-0.15, -0.1) is 0 Å². The highest BCUT2D eigenvalue weighted by atomic mass is 15.3. The molecule has 2 fully saturated rings. The molecule has 0 aromatic carbocycles. The number of aromatic nitrogens is 2. The molecule has 0 saturated heterocycles. The molecule has 2 aliphatic carbocycles. The first-order chi connectivity index (χ1) is 10.3. The summed E-state index contributed by atoms with van der Waals surface area (Å²) in [7, 11) is 0. The van der Waals surface area contributed by atoms with E-state index < -0.39 is 0 Å². The average molecular weight is 290 g/mol. The minimum atomic E-state index is 0.636. The highest BCUT2D eigenvalue weighted by Gasteiger charge is 2.28. The van der Waals surface area contributed by atoms with E-state index in [4.69, 9.17) is 5.73 Å². The number of nitrogens with zero attached hydrogens (tertiary/aromatic N) is 3. The Morgan fingerprint density at radius 1 is 1.00 bits per heavy atom. The number of rotatable bonds is 5. The molecule has 0 bridgehead atoms. The number of nitrogens with two attached hydrogens (primary N) is 1. The third kappa shape index (κ3) is 4.00. The van der Waals surface area contributed by atoms with Crippen LogP contribution in [0, 0.1) is 0 Å². The molecule has 0 aliphatic heterocycles. The normalized spacial score (nSPS) is 22.0. The Labute approximate surface area is 128 Å². The van der Waals surface area contributed by atoms with E-state index in [-0.39, 0.29) is 0 Å². The molecule has 0 spiro atoms. The van der Waals surface area contributed by atoms with E-state index in [9.17, 15) is 0 Å². The molecule has 0 unspecified atom stereocenters. The van der Waals surface area contributed by atoms with Crippen LogP contribution in [0.5, 0.6) is 0 Å². The number of hydrogen-bond acceptors (Lipinski definition) is 3. The number of anilines is 1. The summed E-state index contributed by atoms with van der Waals surface area (Å²) in [5.41, 5.74) is 5.73. The lowest BCUT2D eigenvalue weighted by Gasteiger charge is -2.41.